The Morgan fingerprint density at radius 3 is 2.73 bits per heavy atom. The molecule has 0 saturated heterocycles. The molecule has 0 amide bonds. The molecule has 1 heterocycles. The SMILES string of the molecule is Cc1nc2cc(C(O)C(C)O)ccc2o1. The van der Waals surface area contributed by atoms with Gasteiger partial charge in [-0.2, -0.15) is 0 Å². The summed E-state index contributed by atoms with van der Waals surface area (Å²) >= 11 is 0. The minimum atomic E-state index is -0.883. The third kappa shape index (κ3) is 1.86. The van der Waals surface area contributed by atoms with Gasteiger partial charge in [0.2, 0.25) is 0 Å². The normalized spacial score (nSPS) is 15.5. The maximum atomic E-state index is 9.66. The van der Waals surface area contributed by atoms with Crippen molar-refractivity contribution in [3.05, 3.63) is 29.7 Å². The second-order valence-electron chi connectivity index (χ2n) is 3.65. The molecule has 1 aromatic carbocycles. The summed E-state index contributed by atoms with van der Waals surface area (Å²) in [6.45, 7) is 3.31. The Morgan fingerprint density at radius 1 is 1.33 bits per heavy atom. The van der Waals surface area contributed by atoms with E-state index in [4.69, 9.17) is 4.42 Å². The maximum absolute atomic E-state index is 9.66. The van der Waals surface area contributed by atoms with Gasteiger partial charge in [-0.1, -0.05) is 6.07 Å². The zero-order valence-corrected chi connectivity index (χ0v) is 8.64. The standard InChI is InChI=1S/C11H13NO3/c1-6(13)11(14)8-3-4-10-9(5-8)12-7(2)15-10/h3-6,11,13-14H,1-2H3. The summed E-state index contributed by atoms with van der Waals surface area (Å²) < 4.78 is 5.31. The van der Waals surface area contributed by atoms with Gasteiger partial charge in [0.1, 0.15) is 11.6 Å². The summed E-state index contributed by atoms with van der Waals surface area (Å²) in [6, 6.07) is 5.20. The first-order valence-electron chi connectivity index (χ1n) is 4.81. The lowest BCUT2D eigenvalue weighted by molar-refractivity contribution is 0.0306. The van der Waals surface area contributed by atoms with Crippen LogP contribution in [0.4, 0.5) is 0 Å². The zero-order chi connectivity index (χ0) is 11.0. The molecule has 0 saturated carbocycles. The fraction of sp³-hybridized carbons (Fsp3) is 0.364. The predicted octanol–water partition coefficient (Wildman–Crippen LogP) is 1.55. The quantitative estimate of drug-likeness (QED) is 0.784. The van der Waals surface area contributed by atoms with E-state index in [0.717, 1.165) is 0 Å². The van der Waals surface area contributed by atoms with Gasteiger partial charge in [0.25, 0.3) is 0 Å². The molecular formula is C11H13NO3. The number of aromatic nitrogens is 1. The summed E-state index contributed by atoms with van der Waals surface area (Å²) in [5.74, 6) is 0.591. The molecule has 15 heavy (non-hydrogen) atoms. The Bertz CT molecular complexity index is 476. The fourth-order valence-corrected chi connectivity index (χ4v) is 1.52. The molecule has 0 spiro atoms. The van der Waals surface area contributed by atoms with Crippen molar-refractivity contribution in [2.45, 2.75) is 26.1 Å². The summed E-state index contributed by atoms with van der Waals surface area (Å²) in [6.07, 6.45) is -1.68. The van der Waals surface area contributed by atoms with Crippen molar-refractivity contribution in [1.82, 2.24) is 4.98 Å². The Kier molecular flexibility index (Phi) is 2.46. The summed E-state index contributed by atoms with van der Waals surface area (Å²) in [5, 5.41) is 18.9. The van der Waals surface area contributed by atoms with Crippen molar-refractivity contribution in [1.29, 1.82) is 0 Å². The minimum absolute atomic E-state index is 0.591. The van der Waals surface area contributed by atoms with Crippen molar-refractivity contribution in [2.24, 2.45) is 0 Å². The first-order valence-corrected chi connectivity index (χ1v) is 4.81. The Morgan fingerprint density at radius 2 is 2.07 bits per heavy atom. The molecule has 4 heteroatoms. The number of aliphatic hydroxyl groups is 2. The van der Waals surface area contributed by atoms with E-state index in [2.05, 4.69) is 4.98 Å². The van der Waals surface area contributed by atoms with Gasteiger partial charge < -0.3 is 14.6 Å². The highest BCUT2D eigenvalue weighted by atomic mass is 16.3. The van der Waals surface area contributed by atoms with E-state index in [1.165, 1.54) is 0 Å². The second-order valence-corrected chi connectivity index (χ2v) is 3.65. The van der Waals surface area contributed by atoms with Crippen molar-refractivity contribution < 1.29 is 14.6 Å². The van der Waals surface area contributed by atoms with Gasteiger partial charge in [-0.25, -0.2) is 4.98 Å². The molecule has 4 nitrogen and oxygen atoms in total. The van der Waals surface area contributed by atoms with Gasteiger partial charge in [-0.15, -0.1) is 0 Å². The van der Waals surface area contributed by atoms with Crippen LogP contribution in [0.5, 0.6) is 0 Å². The van der Waals surface area contributed by atoms with Gasteiger partial charge in [0.05, 0.1) is 6.10 Å². The number of hydrogen-bond donors (Lipinski definition) is 2. The number of aryl methyl sites for hydroxylation is 1. The van der Waals surface area contributed by atoms with E-state index >= 15 is 0 Å². The van der Waals surface area contributed by atoms with E-state index in [-0.39, 0.29) is 0 Å². The molecule has 2 atom stereocenters. The number of fused-ring (bicyclic) bond motifs is 1. The second kappa shape index (κ2) is 3.64. The number of aliphatic hydroxyl groups excluding tert-OH is 2. The van der Waals surface area contributed by atoms with Crippen LogP contribution in [0.3, 0.4) is 0 Å². The largest absolute Gasteiger partial charge is 0.441 e. The van der Waals surface area contributed by atoms with Crippen molar-refractivity contribution in [3.8, 4) is 0 Å². The van der Waals surface area contributed by atoms with Crippen molar-refractivity contribution in [2.75, 3.05) is 0 Å². The lowest BCUT2D eigenvalue weighted by atomic mass is 10.1. The van der Waals surface area contributed by atoms with Crippen molar-refractivity contribution >= 4 is 11.1 Å². The van der Waals surface area contributed by atoms with Crippen LogP contribution >= 0.6 is 0 Å². The third-order valence-corrected chi connectivity index (χ3v) is 2.32. The topological polar surface area (TPSA) is 66.5 Å². The molecule has 0 fully saturated rings. The minimum Gasteiger partial charge on any atom is -0.441 e. The van der Waals surface area contributed by atoms with Crippen LogP contribution in [0.25, 0.3) is 11.1 Å². The summed E-state index contributed by atoms with van der Waals surface area (Å²) in [4.78, 5) is 4.16. The molecular weight excluding hydrogens is 194 g/mol. The average molecular weight is 207 g/mol. The monoisotopic (exact) mass is 207 g/mol. The third-order valence-electron chi connectivity index (χ3n) is 2.32. The van der Waals surface area contributed by atoms with E-state index in [0.29, 0.717) is 22.6 Å². The Balaban J connectivity index is 2.46. The number of nitrogens with zero attached hydrogens (tertiary/aromatic N) is 1. The van der Waals surface area contributed by atoms with Gasteiger partial charge >= 0.3 is 0 Å². The smallest absolute Gasteiger partial charge is 0.192 e. The molecule has 2 unspecified atom stereocenters. The van der Waals surface area contributed by atoms with Gasteiger partial charge in [-0.3, -0.25) is 0 Å². The molecule has 1 aromatic heterocycles. The predicted molar refractivity (Wildman–Crippen MR) is 55.4 cm³/mol. The molecule has 0 aliphatic carbocycles. The van der Waals surface area contributed by atoms with E-state index < -0.39 is 12.2 Å². The Labute approximate surface area is 87.2 Å². The Hall–Kier alpha value is -1.39. The molecule has 2 N–H and O–H groups in total. The van der Waals surface area contributed by atoms with E-state index in [9.17, 15) is 10.2 Å². The van der Waals surface area contributed by atoms with E-state index in [1.54, 1.807) is 32.0 Å². The number of hydrogen-bond acceptors (Lipinski definition) is 4. The molecule has 0 radical (unpaired) electrons. The van der Waals surface area contributed by atoms with Crippen molar-refractivity contribution in [3.63, 3.8) is 0 Å². The van der Waals surface area contributed by atoms with Gasteiger partial charge in [0.15, 0.2) is 11.5 Å². The number of rotatable bonds is 2. The van der Waals surface area contributed by atoms with Gasteiger partial charge in [0, 0.05) is 6.92 Å². The zero-order valence-electron chi connectivity index (χ0n) is 8.64. The number of oxazole rings is 1. The molecule has 2 rings (SSSR count). The molecule has 0 aliphatic rings. The van der Waals surface area contributed by atoms with Crippen LogP contribution in [0.1, 0.15) is 24.5 Å². The number of benzene rings is 1. The van der Waals surface area contributed by atoms with Crippen LogP contribution in [-0.4, -0.2) is 21.3 Å². The first kappa shape index (κ1) is 10.1. The van der Waals surface area contributed by atoms with Crippen LogP contribution in [-0.2, 0) is 0 Å². The first-order chi connectivity index (χ1) is 7.08. The van der Waals surface area contributed by atoms with Gasteiger partial charge in [-0.05, 0) is 24.6 Å². The molecule has 0 bridgehead atoms. The summed E-state index contributed by atoms with van der Waals surface area (Å²) in [7, 11) is 0. The lowest BCUT2D eigenvalue weighted by Crippen LogP contribution is -2.13. The van der Waals surface area contributed by atoms with Crippen LogP contribution in [0.2, 0.25) is 0 Å². The molecule has 80 valence electrons. The highest BCUT2D eigenvalue weighted by Gasteiger charge is 2.14. The summed E-state index contributed by atoms with van der Waals surface area (Å²) in [5.41, 5.74) is 2.03. The average Bonchev–Trinajstić information content (AvgIpc) is 2.55. The van der Waals surface area contributed by atoms with Crippen LogP contribution in [0.15, 0.2) is 22.6 Å². The van der Waals surface area contributed by atoms with Crippen LogP contribution in [0, 0.1) is 6.92 Å². The van der Waals surface area contributed by atoms with E-state index in [1.807, 2.05) is 0 Å². The molecule has 2 aromatic rings. The maximum Gasteiger partial charge on any atom is 0.192 e. The lowest BCUT2D eigenvalue weighted by Gasteiger charge is -2.13. The highest BCUT2D eigenvalue weighted by molar-refractivity contribution is 5.73. The highest BCUT2D eigenvalue weighted by Crippen LogP contribution is 2.22. The molecule has 0 aliphatic heterocycles. The fourth-order valence-electron chi connectivity index (χ4n) is 1.52. The van der Waals surface area contributed by atoms with Crippen LogP contribution < -0.4 is 0 Å².